The monoisotopic (exact) mass is 509 g/mol. The first-order chi connectivity index (χ1) is 17.4. The Hall–Kier alpha value is -2.75. The van der Waals surface area contributed by atoms with Crippen LogP contribution in [0, 0.1) is 13.8 Å². The van der Waals surface area contributed by atoms with E-state index >= 15 is 0 Å². The number of ether oxygens (including phenoxy) is 1. The number of imidazole rings is 1. The third-order valence-corrected chi connectivity index (χ3v) is 9.58. The number of rotatable bonds is 7. The van der Waals surface area contributed by atoms with Gasteiger partial charge in [-0.15, -0.1) is 0 Å². The number of hydrogen-bond acceptors (Lipinski definition) is 6. The smallest absolute Gasteiger partial charge is 0.244 e. The number of aromatic nitrogens is 3. The second-order valence-corrected chi connectivity index (χ2v) is 11.6. The van der Waals surface area contributed by atoms with Crippen LogP contribution in [0.4, 0.5) is 0 Å². The van der Waals surface area contributed by atoms with Gasteiger partial charge in [0.15, 0.2) is 0 Å². The van der Waals surface area contributed by atoms with Crippen LogP contribution in [0.15, 0.2) is 41.6 Å². The summed E-state index contributed by atoms with van der Waals surface area (Å²) in [5, 5.41) is 3.42. The van der Waals surface area contributed by atoms with Crippen molar-refractivity contribution in [2.75, 3.05) is 20.2 Å². The van der Waals surface area contributed by atoms with Crippen molar-refractivity contribution in [3.05, 3.63) is 70.6 Å². The van der Waals surface area contributed by atoms with E-state index in [1.807, 2.05) is 50.5 Å². The van der Waals surface area contributed by atoms with Crippen LogP contribution >= 0.6 is 0 Å². The highest BCUT2D eigenvalue weighted by molar-refractivity contribution is 7.89. The molecule has 1 N–H and O–H groups in total. The fraction of sp³-hybridized carbons (Fsp3) is 0.481. The molecule has 2 aliphatic heterocycles. The number of pyridine rings is 1. The first kappa shape index (κ1) is 24.9. The lowest BCUT2D eigenvalue weighted by Gasteiger charge is -2.37. The zero-order valence-corrected chi connectivity index (χ0v) is 22.1. The molecule has 0 amide bonds. The van der Waals surface area contributed by atoms with E-state index in [1.54, 1.807) is 11.4 Å². The van der Waals surface area contributed by atoms with Gasteiger partial charge in [-0.25, -0.2) is 13.4 Å². The van der Waals surface area contributed by atoms with Gasteiger partial charge in [-0.3, -0.25) is 4.98 Å². The van der Waals surface area contributed by atoms with Gasteiger partial charge >= 0.3 is 0 Å². The molecule has 2 aliphatic rings. The van der Waals surface area contributed by atoms with Gasteiger partial charge in [-0.2, -0.15) is 4.31 Å². The second kappa shape index (κ2) is 10.3. The molecular weight excluding hydrogens is 474 g/mol. The Bertz CT molecular complexity index is 1310. The van der Waals surface area contributed by atoms with Crippen LogP contribution in [-0.2, 0) is 36.0 Å². The summed E-state index contributed by atoms with van der Waals surface area (Å²) >= 11 is 0. The fourth-order valence-corrected chi connectivity index (χ4v) is 7.81. The van der Waals surface area contributed by atoms with Gasteiger partial charge in [0.2, 0.25) is 10.0 Å². The van der Waals surface area contributed by atoms with E-state index in [0.29, 0.717) is 34.9 Å². The van der Waals surface area contributed by atoms with E-state index in [9.17, 15) is 8.42 Å². The first-order valence-electron chi connectivity index (χ1n) is 12.7. The minimum Gasteiger partial charge on any atom is -0.497 e. The van der Waals surface area contributed by atoms with Crippen LogP contribution < -0.4 is 10.1 Å². The molecule has 0 saturated carbocycles. The summed E-state index contributed by atoms with van der Waals surface area (Å²) in [5.74, 6) is 1.68. The van der Waals surface area contributed by atoms with Crippen LogP contribution in [0.3, 0.4) is 0 Å². The summed E-state index contributed by atoms with van der Waals surface area (Å²) < 4.78 is 37.9. The number of fused-ring (bicyclic) bond motifs is 1. The van der Waals surface area contributed by atoms with Gasteiger partial charge in [0.1, 0.15) is 11.6 Å². The predicted molar refractivity (Wildman–Crippen MR) is 139 cm³/mol. The Balaban J connectivity index is 1.56. The maximum Gasteiger partial charge on any atom is 0.244 e. The molecular formula is C27H35N5O3S. The van der Waals surface area contributed by atoms with Gasteiger partial charge in [0.25, 0.3) is 0 Å². The number of methoxy groups -OCH3 is 1. The van der Waals surface area contributed by atoms with Crippen molar-refractivity contribution in [1.29, 1.82) is 0 Å². The van der Waals surface area contributed by atoms with Crippen molar-refractivity contribution < 1.29 is 13.2 Å². The number of sulfonamides is 1. The molecule has 0 bridgehead atoms. The zero-order chi connectivity index (χ0) is 25.3. The molecule has 9 heteroatoms. The molecule has 1 saturated heterocycles. The lowest BCUT2D eigenvalue weighted by atomic mass is 9.98. The topological polar surface area (TPSA) is 89.4 Å². The number of hydrogen-bond donors (Lipinski definition) is 1. The normalized spacial score (nSPS) is 18.7. The molecule has 192 valence electrons. The van der Waals surface area contributed by atoms with Crippen molar-refractivity contribution >= 4 is 10.0 Å². The average molecular weight is 510 g/mol. The van der Waals surface area contributed by atoms with Gasteiger partial charge in [-0.1, -0.05) is 6.42 Å². The predicted octanol–water partition coefficient (Wildman–Crippen LogP) is 3.71. The number of nitrogens with one attached hydrogen (secondary N) is 1. The third kappa shape index (κ3) is 4.67. The molecule has 1 aromatic carbocycles. The Morgan fingerprint density at radius 2 is 1.83 bits per heavy atom. The number of aryl methyl sites for hydroxylation is 4. The highest BCUT2D eigenvalue weighted by atomic mass is 32.2. The highest BCUT2D eigenvalue weighted by Crippen LogP contribution is 2.40. The largest absolute Gasteiger partial charge is 0.497 e. The van der Waals surface area contributed by atoms with Gasteiger partial charge in [0.05, 0.1) is 36.0 Å². The standard InChI is InChI=1S/C27H35N5O3S/c1-19-16-22(35-3)17-20(2)27(19)36(33,34)32-14-5-4-6-24(32)26-23(8-7-21-9-11-28-12-10-21)30-25-18-29-13-15-31(25)26/h9-12,16-17,24,29H,4-8,13-15,18H2,1-3H3. The van der Waals surface area contributed by atoms with Crippen molar-refractivity contribution in [3.63, 3.8) is 0 Å². The maximum atomic E-state index is 14.2. The molecule has 4 heterocycles. The fourth-order valence-electron chi connectivity index (χ4n) is 5.73. The Labute approximate surface area is 213 Å². The Morgan fingerprint density at radius 1 is 1.08 bits per heavy atom. The molecule has 8 nitrogen and oxygen atoms in total. The van der Waals surface area contributed by atoms with Crippen LogP contribution in [-0.4, -0.2) is 47.5 Å². The maximum absolute atomic E-state index is 14.2. The van der Waals surface area contributed by atoms with Crippen LogP contribution in [0.5, 0.6) is 5.75 Å². The Morgan fingerprint density at radius 3 is 2.56 bits per heavy atom. The number of nitrogens with zero attached hydrogens (tertiary/aromatic N) is 4. The number of benzene rings is 1. The molecule has 0 aliphatic carbocycles. The lowest BCUT2D eigenvalue weighted by molar-refractivity contribution is 0.242. The quantitative estimate of drug-likeness (QED) is 0.522. The van der Waals surface area contributed by atoms with E-state index in [1.165, 1.54) is 5.56 Å². The summed E-state index contributed by atoms with van der Waals surface area (Å²) in [6.07, 6.45) is 7.90. The van der Waals surface area contributed by atoms with Crippen molar-refractivity contribution in [2.24, 2.45) is 0 Å². The van der Waals surface area contributed by atoms with Crippen LogP contribution in [0.1, 0.15) is 59.2 Å². The highest BCUT2D eigenvalue weighted by Gasteiger charge is 2.39. The van der Waals surface area contributed by atoms with Crippen molar-refractivity contribution in [2.45, 2.75) is 70.0 Å². The van der Waals surface area contributed by atoms with E-state index in [0.717, 1.165) is 62.4 Å². The molecule has 3 aromatic rings. The van der Waals surface area contributed by atoms with E-state index in [-0.39, 0.29) is 6.04 Å². The number of piperidine rings is 1. The van der Waals surface area contributed by atoms with Crippen LogP contribution in [0.25, 0.3) is 0 Å². The van der Waals surface area contributed by atoms with Gasteiger partial charge in [0, 0.05) is 32.0 Å². The molecule has 36 heavy (non-hydrogen) atoms. The van der Waals surface area contributed by atoms with Gasteiger partial charge < -0.3 is 14.6 Å². The van der Waals surface area contributed by atoms with Gasteiger partial charge in [-0.05, 0) is 80.5 Å². The summed E-state index contributed by atoms with van der Waals surface area (Å²) in [6, 6.07) is 7.46. The zero-order valence-electron chi connectivity index (χ0n) is 21.3. The average Bonchev–Trinajstić information content (AvgIpc) is 3.25. The minimum atomic E-state index is -3.72. The molecule has 1 unspecified atom stereocenters. The molecule has 2 aromatic heterocycles. The molecule has 1 fully saturated rings. The molecule has 1 atom stereocenters. The first-order valence-corrected chi connectivity index (χ1v) is 14.2. The van der Waals surface area contributed by atoms with E-state index in [4.69, 9.17) is 9.72 Å². The van der Waals surface area contributed by atoms with E-state index < -0.39 is 10.0 Å². The third-order valence-electron chi connectivity index (χ3n) is 7.36. The summed E-state index contributed by atoms with van der Waals surface area (Å²) in [7, 11) is -2.12. The van der Waals surface area contributed by atoms with Crippen LogP contribution in [0.2, 0.25) is 0 Å². The summed E-state index contributed by atoms with van der Waals surface area (Å²) in [4.78, 5) is 9.56. The minimum absolute atomic E-state index is 0.226. The Kier molecular flexibility index (Phi) is 7.14. The lowest BCUT2D eigenvalue weighted by Crippen LogP contribution is -2.41. The second-order valence-electron chi connectivity index (χ2n) is 9.76. The molecule has 0 spiro atoms. The SMILES string of the molecule is COc1cc(C)c(S(=O)(=O)N2CCCCC2c2c(CCc3ccncc3)nc3n2CCNC3)c(C)c1. The van der Waals surface area contributed by atoms with Crippen molar-refractivity contribution in [1.82, 2.24) is 24.2 Å². The summed E-state index contributed by atoms with van der Waals surface area (Å²) in [6.45, 7) is 6.59. The van der Waals surface area contributed by atoms with E-state index in [2.05, 4.69) is 14.9 Å². The molecule has 5 rings (SSSR count). The molecule has 0 radical (unpaired) electrons. The summed E-state index contributed by atoms with van der Waals surface area (Å²) in [5.41, 5.74) is 4.73. The van der Waals surface area contributed by atoms with Crippen molar-refractivity contribution in [3.8, 4) is 5.75 Å².